The Hall–Kier alpha value is -1.55. The van der Waals surface area contributed by atoms with E-state index in [1.54, 1.807) is 18.9 Å². The van der Waals surface area contributed by atoms with E-state index in [9.17, 15) is 9.90 Å². The van der Waals surface area contributed by atoms with Crippen LogP contribution in [0.15, 0.2) is 18.2 Å². The molecule has 3 rings (SSSR count). The molecule has 1 aromatic carbocycles. The molecule has 0 spiro atoms. The molecule has 1 N–H and O–H groups in total. The standard InChI is InChI=1S/C20H29NO3/c1-14(20(23)21(2)18-9-5-6-10-19(18)22)24-17-12-11-15-7-3-4-8-16(15)13-17/h11-14,18-19,22H,3-10H2,1-2H3/t14-,18-,19-/m1/s1. The van der Waals surface area contributed by atoms with Crippen LogP contribution in [0.5, 0.6) is 5.75 Å². The molecule has 1 fully saturated rings. The second-order valence-electron chi connectivity index (χ2n) is 7.27. The first-order chi connectivity index (χ1) is 11.6. The predicted molar refractivity (Wildman–Crippen MR) is 94.2 cm³/mol. The number of likely N-dealkylation sites (N-methyl/N-ethyl adjacent to an activating group) is 1. The molecule has 0 radical (unpaired) electrons. The first kappa shape index (κ1) is 17.3. The average Bonchev–Trinajstić information content (AvgIpc) is 2.60. The van der Waals surface area contributed by atoms with E-state index in [2.05, 4.69) is 12.1 Å². The number of carbonyl (C=O) groups excluding carboxylic acids is 1. The van der Waals surface area contributed by atoms with Crippen LogP contribution in [0, 0.1) is 0 Å². The van der Waals surface area contributed by atoms with Crippen molar-refractivity contribution in [2.45, 2.75) is 76.5 Å². The lowest BCUT2D eigenvalue weighted by molar-refractivity contribution is -0.142. The largest absolute Gasteiger partial charge is 0.481 e. The van der Waals surface area contributed by atoms with Gasteiger partial charge in [-0.15, -0.1) is 0 Å². The molecule has 3 atom stereocenters. The summed E-state index contributed by atoms with van der Waals surface area (Å²) in [5.41, 5.74) is 2.77. The number of nitrogens with zero attached hydrogens (tertiary/aromatic N) is 1. The van der Waals surface area contributed by atoms with Crippen molar-refractivity contribution in [3.63, 3.8) is 0 Å². The van der Waals surface area contributed by atoms with Crippen LogP contribution < -0.4 is 4.74 Å². The monoisotopic (exact) mass is 331 g/mol. The molecule has 4 nitrogen and oxygen atoms in total. The molecule has 0 bridgehead atoms. The molecule has 1 amide bonds. The summed E-state index contributed by atoms with van der Waals surface area (Å²) in [5.74, 6) is 0.716. The Balaban J connectivity index is 1.63. The van der Waals surface area contributed by atoms with Gasteiger partial charge < -0.3 is 14.7 Å². The van der Waals surface area contributed by atoms with E-state index >= 15 is 0 Å². The van der Waals surface area contributed by atoms with Crippen molar-refractivity contribution < 1.29 is 14.6 Å². The Morgan fingerprint density at radius 1 is 1.17 bits per heavy atom. The third-order valence-corrected chi connectivity index (χ3v) is 5.52. The number of rotatable bonds is 4. The Bertz CT molecular complexity index is 586. The van der Waals surface area contributed by atoms with E-state index < -0.39 is 12.2 Å². The van der Waals surface area contributed by atoms with Gasteiger partial charge in [0.15, 0.2) is 6.10 Å². The summed E-state index contributed by atoms with van der Waals surface area (Å²) >= 11 is 0. The van der Waals surface area contributed by atoms with Crippen molar-refractivity contribution in [1.82, 2.24) is 4.90 Å². The molecule has 0 unspecified atom stereocenters. The van der Waals surface area contributed by atoms with Gasteiger partial charge in [-0.2, -0.15) is 0 Å². The molecule has 0 aromatic heterocycles. The van der Waals surface area contributed by atoms with Crippen molar-refractivity contribution in [3.8, 4) is 5.75 Å². The van der Waals surface area contributed by atoms with Crippen molar-refractivity contribution in [2.75, 3.05) is 7.05 Å². The molecular weight excluding hydrogens is 302 g/mol. The third kappa shape index (κ3) is 3.75. The number of hydrogen-bond donors (Lipinski definition) is 1. The van der Waals surface area contributed by atoms with Crippen LogP contribution in [0.3, 0.4) is 0 Å². The summed E-state index contributed by atoms with van der Waals surface area (Å²) < 4.78 is 5.92. The topological polar surface area (TPSA) is 49.8 Å². The fourth-order valence-electron chi connectivity index (χ4n) is 4.03. The Kier molecular flexibility index (Phi) is 5.44. The number of amides is 1. The Labute approximate surface area is 144 Å². The maximum Gasteiger partial charge on any atom is 0.263 e. The number of fused-ring (bicyclic) bond motifs is 1. The van der Waals surface area contributed by atoms with Crippen LogP contribution in [0.25, 0.3) is 0 Å². The summed E-state index contributed by atoms with van der Waals surface area (Å²) in [6.45, 7) is 1.80. The first-order valence-corrected chi connectivity index (χ1v) is 9.29. The van der Waals surface area contributed by atoms with E-state index in [-0.39, 0.29) is 11.9 Å². The molecule has 1 aromatic rings. The lowest BCUT2D eigenvalue weighted by atomic mass is 9.91. The van der Waals surface area contributed by atoms with Crippen LogP contribution in [0.4, 0.5) is 0 Å². The summed E-state index contributed by atoms with van der Waals surface area (Å²) in [4.78, 5) is 14.4. The second kappa shape index (κ2) is 7.56. The number of ether oxygens (including phenoxy) is 1. The van der Waals surface area contributed by atoms with Gasteiger partial charge in [-0.1, -0.05) is 18.9 Å². The zero-order chi connectivity index (χ0) is 17.1. The van der Waals surface area contributed by atoms with Crippen molar-refractivity contribution in [2.24, 2.45) is 0 Å². The highest BCUT2D eigenvalue weighted by Gasteiger charge is 2.32. The summed E-state index contributed by atoms with van der Waals surface area (Å²) in [5, 5.41) is 10.2. The molecule has 4 heteroatoms. The predicted octanol–water partition coefficient (Wildman–Crippen LogP) is 3.09. The molecule has 24 heavy (non-hydrogen) atoms. The van der Waals surface area contributed by atoms with E-state index in [4.69, 9.17) is 4.74 Å². The van der Waals surface area contributed by atoms with Crippen LogP contribution in [-0.2, 0) is 17.6 Å². The highest BCUT2D eigenvalue weighted by atomic mass is 16.5. The third-order valence-electron chi connectivity index (χ3n) is 5.52. The van der Waals surface area contributed by atoms with Gasteiger partial charge in [0.1, 0.15) is 5.75 Å². The molecule has 2 aliphatic carbocycles. The van der Waals surface area contributed by atoms with Crippen LogP contribution in [-0.4, -0.2) is 41.2 Å². The number of carbonyl (C=O) groups is 1. The van der Waals surface area contributed by atoms with E-state index in [0.29, 0.717) is 0 Å². The molecule has 2 aliphatic rings. The van der Waals surface area contributed by atoms with Gasteiger partial charge in [0.25, 0.3) is 5.91 Å². The summed E-state index contributed by atoms with van der Waals surface area (Å²) in [6, 6.07) is 6.12. The minimum absolute atomic E-state index is 0.0568. The van der Waals surface area contributed by atoms with Gasteiger partial charge in [-0.25, -0.2) is 0 Å². The molecule has 1 saturated carbocycles. The zero-order valence-corrected chi connectivity index (χ0v) is 14.8. The van der Waals surface area contributed by atoms with Gasteiger partial charge in [-0.05, 0) is 68.7 Å². The van der Waals surface area contributed by atoms with Crippen molar-refractivity contribution >= 4 is 5.91 Å². The summed E-state index contributed by atoms with van der Waals surface area (Å²) in [7, 11) is 1.79. The number of benzene rings is 1. The second-order valence-corrected chi connectivity index (χ2v) is 7.27. The van der Waals surface area contributed by atoms with Gasteiger partial charge in [0.2, 0.25) is 0 Å². The fourth-order valence-corrected chi connectivity index (χ4v) is 4.03. The van der Waals surface area contributed by atoms with E-state index in [0.717, 1.165) is 44.3 Å². The SMILES string of the molecule is C[C@@H](Oc1ccc2c(c1)CCCC2)C(=O)N(C)[C@@H]1CCCC[C@H]1O. The molecule has 0 saturated heterocycles. The molecule has 0 aliphatic heterocycles. The lowest BCUT2D eigenvalue weighted by Gasteiger charge is -2.36. The average molecular weight is 331 g/mol. The first-order valence-electron chi connectivity index (χ1n) is 9.29. The Morgan fingerprint density at radius 2 is 1.88 bits per heavy atom. The van der Waals surface area contributed by atoms with Gasteiger partial charge in [0, 0.05) is 7.05 Å². The maximum atomic E-state index is 12.7. The van der Waals surface area contributed by atoms with Gasteiger partial charge in [-0.3, -0.25) is 4.79 Å². The van der Waals surface area contributed by atoms with Gasteiger partial charge in [0.05, 0.1) is 12.1 Å². The zero-order valence-electron chi connectivity index (χ0n) is 14.8. The smallest absolute Gasteiger partial charge is 0.263 e. The highest BCUT2D eigenvalue weighted by molar-refractivity contribution is 5.81. The number of hydrogen-bond acceptors (Lipinski definition) is 3. The van der Waals surface area contributed by atoms with E-state index in [1.165, 1.54) is 24.0 Å². The minimum Gasteiger partial charge on any atom is -0.481 e. The van der Waals surface area contributed by atoms with Crippen LogP contribution >= 0.6 is 0 Å². The quantitative estimate of drug-likeness (QED) is 0.922. The van der Waals surface area contributed by atoms with Crippen LogP contribution in [0.1, 0.15) is 56.6 Å². The fraction of sp³-hybridized carbons (Fsp3) is 0.650. The van der Waals surface area contributed by atoms with Gasteiger partial charge >= 0.3 is 0 Å². The summed E-state index contributed by atoms with van der Waals surface area (Å²) in [6.07, 6.45) is 7.55. The normalized spacial score (nSPS) is 24.8. The molecule has 132 valence electrons. The minimum atomic E-state index is -0.536. The van der Waals surface area contributed by atoms with Crippen molar-refractivity contribution in [1.29, 1.82) is 0 Å². The maximum absolute atomic E-state index is 12.7. The number of aryl methyl sites for hydroxylation is 2. The highest BCUT2D eigenvalue weighted by Crippen LogP contribution is 2.27. The number of aliphatic hydroxyl groups excluding tert-OH is 1. The molecule has 0 heterocycles. The van der Waals surface area contributed by atoms with Crippen molar-refractivity contribution in [3.05, 3.63) is 29.3 Å². The number of aliphatic hydroxyl groups is 1. The Morgan fingerprint density at radius 3 is 2.62 bits per heavy atom. The van der Waals surface area contributed by atoms with Crippen LogP contribution in [0.2, 0.25) is 0 Å². The lowest BCUT2D eigenvalue weighted by Crippen LogP contribution is -2.50. The molecular formula is C20H29NO3. The van der Waals surface area contributed by atoms with E-state index in [1.807, 2.05) is 6.07 Å².